The summed E-state index contributed by atoms with van der Waals surface area (Å²) >= 11 is 0. The number of pyridine rings is 1. The lowest BCUT2D eigenvalue weighted by molar-refractivity contribution is -0.759. The van der Waals surface area contributed by atoms with Crippen LogP contribution < -0.4 is 9.30 Å². The van der Waals surface area contributed by atoms with Gasteiger partial charge in [-0.2, -0.15) is 4.57 Å². The third-order valence-electron chi connectivity index (χ3n) is 4.66. The zero-order valence-electron chi connectivity index (χ0n) is 11.5. The molecule has 0 radical (unpaired) electrons. The van der Waals surface area contributed by atoms with Crippen LogP contribution in [0.2, 0.25) is 0 Å². The Morgan fingerprint density at radius 2 is 1.83 bits per heavy atom. The Bertz CT molecular complexity index is 612. The largest absolute Gasteiger partial charge is 0.474 e. The number of benzene rings is 1. The van der Waals surface area contributed by atoms with Crippen molar-refractivity contribution >= 4 is 10.9 Å². The van der Waals surface area contributed by atoms with Crippen LogP contribution >= 0.6 is 0 Å². The summed E-state index contributed by atoms with van der Waals surface area (Å²) in [6, 6.07) is 10.5. The molecule has 0 fully saturated rings. The van der Waals surface area contributed by atoms with Gasteiger partial charge >= 0.3 is 0 Å². The van der Waals surface area contributed by atoms with Crippen LogP contribution in [0.5, 0.6) is 5.75 Å². The van der Waals surface area contributed by atoms with Crippen molar-refractivity contribution in [3.8, 4) is 5.75 Å². The van der Waals surface area contributed by atoms with Gasteiger partial charge in [-0.1, -0.05) is 13.0 Å². The third-order valence-corrected chi connectivity index (χ3v) is 4.66. The fourth-order valence-electron chi connectivity index (χ4n) is 3.00. The molecule has 1 atom stereocenters. The number of para-hydroxylation sites is 1. The monoisotopic (exact) mass is 242 g/mol. The molecule has 1 aromatic heterocycles. The maximum atomic E-state index is 6.28. The van der Waals surface area contributed by atoms with Crippen LogP contribution in [-0.2, 0) is 5.54 Å². The van der Waals surface area contributed by atoms with Crippen molar-refractivity contribution < 1.29 is 9.30 Å². The number of ether oxygens (including phenoxy) is 1. The minimum Gasteiger partial charge on any atom is -0.474 e. The predicted octanol–water partition coefficient (Wildman–Crippen LogP) is 3.42. The van der Waals surface area contributed by atoms with Crippen molar-refractivity contribution in [2.45, 2.75) is 45.3 Å². The molecular weight excluding hydrogens is 222 g/mol. The van der Waals surface area contributed by atoms with Gasteiger partial charge in [0, 0.05) is 19.4 Å². The summed E-state index contributed by atoms with van der Waals surface area (Å²) in [4.78, 5) is 0. The van der Waals surface area contributed by atoms with Gasteiger partial charge in [-0.05, 0) is 32.0 Å². The van der Waals surface area contributed by atoms with Gasteiger partial charge in [-0.3, -0.25) is 0 Å². The van der Waals surface area contributed by atoms with E-state index in [0.717, 1.165) is 12.2 Å². The number of nitrogens with zero attached hydrogens (tertiary/aromatic N) is 1. The molecule has 0 N–H and O–H groups in total. The van der Waals surface area contributed by atoms with Gasteiger partial charge in [0.15, 0.2) is 17.5 Å². The second-order valence-electron chi connectivity index (χ2n) is 5.81. The van der Waals surface area contributed by atoms with Crippen molar-refractivity contribution in [3.05, 3.63) is 36.5 Å². The van der Waals surface area contributed by atoms with E-state index >= 15 is 0 Å². The molecule has 0 saturated carbocycles. The Balaban J connectivity index is 2.43. The summed E-state index contributed by atoms with van der Waals surface area (Å²) in [5.41, 5.74) is 0.972. The average Bonchev–Trinajstić information content (AvgIpc) is 2.35. The Kier molecular flexibility index (Phi) is 2.22. The molecule has 1 unspecified atom stereocenters. The van der Waals surface area contributed by atoms with Crippen LogP contribution in [0.15, 0.2) is 36.5 Å². The van der Waals surface area contributed by atoms with E-state index in [4.69, 9.17) is 4.74 Å². The molecule has 2 aromatic rings. The molecule has 1 aromatic carbocycles. The quantitative estimate of drug-likeness (QED) is 0.698. The molecule has 18 heavy (non-hydrogen) atoms. The Hall–Kier alpha value is -1.57. The molecule has 1 aliphatic heterocycles. The molecule has 2 nitrogen and oxygen atoms in total. The van der Waals surface area contributed by atoms with Crippen molar-refractivity contribution in [1.82, 2.24) is 0 Å². The fraction of sp³-hybridized carbons (Fsp3) is 0.438. The van der Waals surface area contributed by atoms with E-state index in [1.165, 1.54) is 10.9 Å². The molecule has 0 spiro atoms. The normalized spacial score (nSPS) is 24.9. The SMILES string of the molecule is CCC1(C)[n+]2cccc3cccc(c32)OC1(C)C. The maximum Gasteiger partial charge on any atom is 0.255 e. The molecular formula is C16H20NO+. The molecule has 0 bridgehead atoms. The van der Waals surface area contributed by atoms with Crippen molar-refractivity contribution in [3.63, 3.8) is 0 Å². The summed E-state index contributed by atoms with van der Waals surface area (Å²) < 4.78 is 8.67. The summed E-state index contributed by atoms with van der Waals surface area (Å²) in [6.45, 7) is 8.86. The van der Waals surface area contributed by atoms with E-state index in [-0.39, 0.29) is 11.1 Å². The number of aromatic nitrogens is 1. The predicted molar refractivity (Wildman–Crippen MR) is 72.8 cm³/mol. The number of hydrogen-bond acceptors (Lipinski definition) is 1. The first-order valence-electron chi connectivity index (χ1n) is 6.62. The molecule has 2 heteroatoms. The molecule has 3 rings (SSSR count). The van der Waals surface area contributed by atoms with Crippen LogP contribution in [0.25, 0.3) is 10.9 Å². The van der Waals surface area contributed by atoms with E-state index in [2.05, 4.69) is 68.8 Å². The smallest absolute Gasteiger partial charge is 0.255 e. The van der Waals surface area contributed by atoms with Gasteiger partial charge in [-0.15, -0.1) is 0 Å². The van der Waals surface area contributed by atoms with Gasteiger partial charge in [0.05, 0.1) is 5.39 Å². The molecule has 2 heterocycles. The Morgan fingerprint density at radius 1 is 1.11 bits per heavy atom. The summed E-state index contributed by atoms with van der Waals surface area (Å²) in [6.07, 6.45) is 3.22. The first-order chi connectivity index (χ1) is 8.49. The highest BCUT2D eigenvalue weighted by Crippen LogP contribution is 2.40. The second kappa shape index (κ2) is 3.47. The number of rotatable bonds is 1. The molecule has 0 aliphatic carbocycles. The van der Waals surface area contributed by atoms with E-state index in [1.807, 2.05) is 0 Å². The van der Waals surface area contributed by atoms with Crippen LogP contribution in [0.1, 0.15) is 34.1 Å². The maximum absolute atomic E-state index is 6.28. The van der Waals surface area contributed by atoms with Gasteiger partial charge < -0.3 is 4.74 Å². The average molecular weight is 242 g/mol. The highest BCUT2D eigenvalue weighted by atomic mass is 16.5. The Labute approximate surface area is 108 Å². The summed E-state index contributed by atoms with van der Waals surface area (Å²) in [7, 11) is 0. The molecule has 0 amide bonds. The first kappa shape index (κ1) is 11.5. The van der Waals surface area contributed by atoms with Gasteiger partial charge in [-0.25, -0.2) is 0 Å². The lowest BCUT2D eigenvalue weighted by atomic mass is 9.79. The number of hydrogen-bond donors (Lipinski definition) is 0. The van der Waals surface area contributed by atoms with Crippen molar-refractivity contribution in [2.24, 2.45) is 0 Å². The third kappa shape index (κ3) is 1.26. The molecule has 0 saturated heterocycles. The van der Waals surface area contributed by atoms with Gasteiger partial charge in [0.2, 0.25) is 5.54 Å². The highest BCUT2D eigenvalue weighted by molar-refractivity contribution is 5.81. The second-order valence-corrected chi connectivity index (χ2v) is 5.81. The Morgan fingerprint density at radius 3 is 2.56 bits per heavy atom. The standard InChI is InChI=1S/C16H20NO/c1-5-16(4)15(2,3)18-13-10-6-8-12-9-7-11-17(16)14(12)13/h6-11H,5H2,1-4H3/q+1. The van der Waals surface area contributed by atoms with Gasteiger partial charge in [0.1, 0.15) is 0 Å². The fourth-order valence-corrected chi connectivity index (χ4v) is 3.00. The highest BCUT2D eigenvalue weighted by Gasteiger charge is 2.54. The van der Waals surface area contributed by atoms with Crippen molar-refractivity contribution in [1.29, 1.82) is 0 Å². The topological polar surface area (TPSA) is 13.1 Å². The molecule has 94 valence electrons. The molecule has 1 aliphatic rings. The zero-order valence-corrected chi connectivity index (χ0v) is 11.5. The van der Waals surface area contributed by atoms with E-state index < -0.39 is 0 Å². The summed E-state index contributed by atoms with van der Waals surface area (Å²) in [5.74, 6) is 0.990. The van der Waals surface area contributed by atoms with Crippen LogP contribution in [0.3, 0.4) is 0 Å². The van der Waals surface area contributed by atoms with Gasteiger partial charge in [0.25, 0.3) is 5.52 Å². The first-order valence-corrected chi connectivity index (χ1v) is 6.62. The van der Waals surface area contributed by atoms with E-state index in [0.29, 0.717) is 0 Å². The van der Waals surface area contributed by atoms with Crippen molar-refractivity contribution in [2.75, 3.05) is 0 Å². The minimum absolute atomic E-state index is 0.0269. The van der Waals surface area contributed by atoms with Crippen LogP contribution in [0, 0.1) is 0 Å². The summed E-state index contributed by atoms with van der Waals surface area (Å²) in [5, 5.41) is 1.24. The van der Waals surface area contributed by atoms with Crippen LogP contribution in [-0.4, -0.2) is 5.60 Å². The zero-order chi connectivity index (χ0) is 13.0. The van der Waals surface area contributed by atoms with E-state index in [9.17, 15) is 0 Å². The van der Waals surface area contributed by atoms with Crippen LogP contribution in [0.4, 0.5) is 0 Å². The minimum atomic E-state index is -0.213. The lowest BCUT2D eigenvalue weighted by Gasteiger charge is -2.42. The lowest BCUT2D eigenvalue weighted by Crippen LogP contribution is -2.69. The van der Waals surface area contributed by atoms with E-state index in [1.54, 1.807) is 0 Å².